The molecule has 24 heavy (non-hydrogen) atoms. The van der Waals surface area contributed by atoms with Gasteiger partial charge in [-0.05, 0) is 48.7 Å². The molecule has 1 aliphatic rings. The average molecular weight is 343 g/mol. The molecule has 1 heterocycles. The highest BCUT2D eigenvalue weighted by atomic mass is 32.2. The average Bonchev–Trinajstić information content (AvgIpc) is 3.21. The minimum Gasteiger partial charge on any atom is -0.321 e. The number of hydrogen-bond acceptors (Lipinski definition) is 5. The minimum absolute atomic E-state index is 0.148. The van der Waals surface area contributed by atoms with Crippen LogP contribution in [0.3, 0.4) is 0 Å². The van der Waals surface area contributed by atoms with Crippen molar-refractivity contribution < 1.29 is 8.42 Å². The molecule has 3 N–H and O–H groups in total. The molecule has 1 aromatic heterocycles. The molecule has 8 heteroatoms. The normalized spacial score (nSPS) is 16.2. The van der Waals surface area contributed by atoms with Crippen LogP contribution < -0.4 is 10.5 Å². The predicted octanol–water partition coefficient (Wildman–Crippen LogP) is 1.72. The Bertz CT molecular complexity index is 1040. The lowest BCUT2D eigenvalue weighted by molar-refractivity contribution is 0.601. The summed E-state index contributed by atoms with van der Waals surface area (Å²) in [5, 5.41) is 7.84. The molecule has 4 rings (SSSR count). The number of aryl methyl sites for hydroxylation is 1. The highest BCUT2D eigenvalue weighted by Gasteiger charge is 2.40. The third-order valence-electron chi connectivity index (χ3n) is 4.37. The lowest BCUT2D eigenvalue weighted by atomic mass is 10.1. The van der Waals surface area contributed by atoms with E-state index in [4.69, 9.17) is 5.73 Å². The number of anilines is 1. The number of fused-ring (bicyclic) bond motifs is 1. The van der Waals surface area contributed by atoms with Crippen molar-refractivity contribution in [2.45, 2.75) is 23.3 Å². The van der Waals surface area contributed by atoms with Gasteiger partial charge in [-0.25, -0.2) is 13.1 Å². The Morgan fingerprint density at radius 2 is 2.00 bits per heavy atom. The number of nitrogens with one attached hydrogen (secondary N) is 1. The van der Waals surface area contributed by atoms with Gasteiger partial charge in [0.25, 0.3) is 10.0 Å². The zero-order valence-electron chi connectivity index (χ0n) is 13.1. The lowest BCUT2D eigenvalue weighted by Gasteiger charge is -2.13. The number of sulfonamides is 1. The van der Waals surface area contributed by atoms with Crippen molar-refractivity contribution in [3.05, 3.63) is 48.0 Å². The van der Waals surface area contributed by atoms with Gasteiger partial charge in [0.05, 0.1) is 10.4 Å². The van der Waals surface area contributed by atoms with E-state index in [1.54, 1.807) is 36.0 Å². The number of nitrogens with zero attached hydrogens (tertiary/aromatic N) is 3. The monoisotopic (exact) mass is 343 g/mol. The van der Waals surface area contributed by atoms with E-state index in [0.717, 1.165) is 23.9 Å². The molecule has 1 saturated carbocycles. The third kappa shape index (κ3) is 2.53. The summed E-state index contributed by atoms with van der Waals surface area (Å²) in [5.41, 5.74) is 8.64. The van der Waals surface area contributed by atoms with E-state index in [9.17, 15) is 8.42 Å². The van der Waals surface area contributed by atoms with Crippen molar-refractivity contribution in [1.29, 1.82) is 0 Å². The number of benzene rings is 2. The Balaban J connectivity index is 1.67. The number of nitrogens with two attached hydrogens (primary N) is 1. The molecule has 124 valence electrons. The van der Waals surface area contributed by atoms with Gasteiger partial charge in [-0.2, -0.15) is 0 Å². The highest BCUT2D eigenvalue weighted by Crippen LogP contribution is 2.43. The Labute approximate surface area is 139 Å². The molecule has 0 atom stereocenters. The molecule has 1 aliphatic carbocycles. The fourth-order valence-corrected chi connectivity index (χ4v) is 3.79. The van der Waals surface area contributed by atoms with Gasteiger partial charge in [0.1, 0.15) is 5.52 Å². The van der Waals surface area contributed by atoms with Gasteiger partial charge in [0.15, 0.2) is 0 Å². The smallest absolute Gasteiger partial charge is 0.261 e. The zero-order chi connectivity index (χ0) is 16.9. The molecule has 3 aromatic rings. The third-order valence-corrected chi connectivity index (χ3v) is 5.75. The van der Waals surface area contributed by atoms with E-state index < -0.39 is 10.0 Å². The number of hydrogen-bond donors (Lipinski definition) is 2. The first kappa shape index (κ1) is 15.1. The second-order valence-electron chi connectivity index (χ2n) is 6.21. The summed E-state index contributed by atoms with van der Waals surface area (Å²) in [4.78, 5) is 0.148. The maximum absolute atomic E-state index is 12.6. The first-order valence-electron chi connectivity index (χ1n) is 7.59. The van der Waals surface area contributed by atoms with Crippen molar-refractivity contribution >= 4 is 26.7 Å². The summed E-state index contributed by atoms with van der Waals surface area (Å²) in [6, 6.07) is 12.0. The molecule has 0 spiro atoms. The summed E-state index contributed by atoms with van der Waals surface area (Å²) in [7, 11) is -1.95. The largest absolute Gasteiger partial charge is 0.321 e. The van der Waals surface area contributed by atoms with Crippen LogP contribution in [-0.4, -0.2) is 23.4 Å². The highest BCUT2D eigenvalue weighted by molar-refractivity contribution is 7.92. The minimum atomic E-state index is -3.71. The van der Waals surface area contributed by atoms with Gasteiger partial charge in [0.2, 0.25) is 0 Å². The topological polar surface area (TPSA) is 103 Å². The molecular formula is C16H17N5O2S. The van der Waals surface area contributed by atoms with Gasteiger partial charge < -0.3 is 5.73 Å². The molecule has 0 aliphatic heterocycles. The molecule has 7 nitrogen and oxygen atoms in total. The maximum atomic E-state index is 12.6. The fourth-order valence-electron chi connectivity index (χ4n) is 2.72. The Hall–Kier alpha value is -2.45. The van der Waals surface area contributed by atoms with Crippen molar-refractivity contribution in [2.75, 3.05) is 4.72 Å². The molecule has 2 aromatic carbocycles. The quantitative estimate of drug-likeness (QED) is 0.751. The molecular weight excluding hydrogens is 326 g/mol. The summed E-state index contributed by atoms with van der Waals surface area (Å²) in [5.74, 6) is 0. The molecule has 0 amide bonds. The van der Waals surface area contributed by atoms with E-state index in [2.05, 4.69) is 15.0 Å². The van der Waals surface area contributed by atoms with Crippen LogP contribution in [-0.2, 0) is 22.6 Å². The Morgan fingerprint density at radius 3 is 2.75 bits per heavy atom. The summed E-state index contributed by atoms with van der Waals surface area (Å²) < 4.78 is 29.5. The fraction of sp³-hybridized carbons (Fsp3) is 0.250. The van der Waals surface area contributed by atoms with Crippen LogP contribution in [0.2, 0.25) is 0 Å². The maximum Gasteiger partial charge on any atom is 0.261 e. The van der Waals surface area contributed by atoms with E-state index in [1.807, 2.05) is 12.1 Å². The zero-order valence-corrected chi connectivity index (χ0v) is 13.9. The first-order valence-corrected chi connectivity index (χ1v) is 9.07. The second kappa shape index (κ2) is 5.02. The number of rotatable bonds is 4. The lowest BCUT2D eigenvalue weighted by Crippen LogP contribution is -2.19. The van der Waals surface area contributed by atoms with Crippen LogP contribution in [0.25, 0.3) is 11.0 Å². The summed E-state index contributed by atoms with van der Waals surface area (Å²) >= 11 is 0. The van der Waals surface area contributed by atoms with Crippen LogP contribution in [0.5, 0.6) is 0 Å². The van der Waals surface area contributed by atoms with Crippen molar-refractivity contribution in [1.82, 2.24) is 15.0 Å². The van der Waals surface area contributed by atoms with E-state index in [0.29, 0.717) is 11.2 Å². The van der Waals surface area contributed by atoms with Gasteiger partial charge in [-0.15, -0.1) is 5.10 Å². The van der Waals surface area contributed by atoms with E-state index in [-0.39, 0.29) is 10.4 Å². The van der Waals surface area contributed by atoms with Crippen molar-refractivity contribution in [3.8, 4) is 0 Å². The van der Waals surface area contributed by atoms with Crippen molar-refractivity contribution in [2.24, 2.45) is 12.8 Å². The molecule has 0 radical (unpaired) electrons. The van der Waals surface area contributed by atoms with Gasteiger partial charge in [0, 0.05) is 18.3 Å². The standard InChI is InChI=1S/C16H17N5O2S/c1-21-15-6-5-13(10-14(15)18-20-21)24(22,23)19-12-4-2-3-11(9-12)16(17)7-8-16/h2-6,9-10,19H,7-8,17H2,1H3. The van der Waals surface area contributed by atoms with Gasteiger partial charge >= 0.3 is 0 Å². The van der Waals surface area contributed by atoms with Crippen LogP contribution in [0.15, 0.2) is 47.4 Å². The summed E-state index contributed by atoms with van der Waals surface area (Å²) in [6.45, 7) is 0. The molecule has 1 fully saturated rings. The van der Waals surface area contributed by atoms with Crippen LogP contribution in [0.1, 0.15) is 18.4 Å². The van der Waals surface area contributed by atoms with Crippen molar-refractivity contribution in [3.63, 3.8) is 0 Å². The molecule has 0 saturated heterocycles. The predicted molar refractivity (Wildman–Crippen MR) is 90.9 cm³/mol. The molecule has 0 bridgehead atoms. The Kier molecular flexibility index (Phi) is 3.16. The SMILES string of the molecule is Cn1nnc2cc(S(=O)(=O)Nc3cccc(C4(N)CC4)c3)ccc21. The van der Waals surface area contributed by atoms with Crippen LogP contribution >= 0.6 is 0 Å². The number of aromatic nitrogens is 3. The Morgan fingerprint density at radius 1 is 1.21 bits per heavy atom. The van der Waals surface area contributed by atoms with E-state index >= 15 is 0 Å². The van der Waals surface area contributed by atoms with Gasteiger partial charge in [-0.1, -0.05) is 17.3 Å². The molecule has 0 unspecified atom stereocenters. The van der Waals surface area contributed by atoms with Crippen LogP contribution in [0, 0.1) is 0 Å². The van der Waals surface area contributed by atoms with Gasteiger partial charge in [-0.3, -0.25) is 4.72 Å². The van der Waals surface area contributed by atoms with Crippen LogP contribution in [0.4, 0.5) is 5.69 Å². The van der Waals surface area contributed by atoms with E-state index in [1.165, 1.54) is 6.07 Å². The summed E-state index contributed by atoms with van der Waals surface area (Å²) in [6.07, 6.45) is 1.85. The first-order chi connectivity index (χ1) is 11.4. The second-order valence-corrected chi connectivity index (χ2v) is 7.89.